The number of nitrogens with zero attached hydrogens (tertiary/aromatic N) is 3. The Morgan fingerprint density at radius 2 is 2.15 bits per heavy atom. The van der Waals surface area contributed by atoms with E-state index in [4.69, 9.17) is 0 Å². The molecule has 0 aliphatic heterocycles. The zero-order valence-electron chi connectivity index (χ0n) is 15.2. The molecule has 0 atom stereocenters. The smallest absolute Gasteiger partial charge is 0.283 e. The number of thioether (sulfide) groups is 1. The molecule has 3 rings (SSSR count). The van der Waals surface area contributed by atoms with Gasteiger partial charge < -0.3 is 9.88 Å². The normalized spacial score (nSPS) is 10.7. The van der Waals surface area contributed by atoms with E-state index < -0.39 is 0 Å². The van der Waals surface area contributed by atoms with Gasteiger partial charge in [0.1, 0.15) is 5.65 Å². The second-order valence-corrected chi connectivity index (χ2v) is 7.07. The van der Waals surface area contributed by atoms with Crippen LogP contribution in [0.4, 0.5) is 5.69 Å². The Kier molecular flexibility index (Phi) is 5.71. The summed E-state index contributed by atoms with van der Waals surface area (Å²) in [5.41, 5.74) is 3.11. The maximum absolute atomic E-state index is 12.4. The number of carbonyl (C=O) groups excluding carboxylic acids is 1. The Balaban J connectivity index is 1.82. The summed E-state index contributed by atoms with van der Waals surface area (Å²) in [5, 5.41) is 3.79. The van der Waals surface area contributed by atoms with Crippen molar-refractivity contribution in [3.05, 3.63) is 70.7 Å². The lowest BCUT2D eigenvalue weighted by Crippen LogP contribution is -2.19. The van der Waals surface area contributed by atoms with E-state index in [0.29, 0.717) is 22.7 Å². The SMILES string of the molecule is C=CCn1c(SCC(=O)Nc2ccc(C)cc2C)nc(=O)c2cccnc21. The van der Waals surface area contributed by atoms with Gasteiger partial charge in [-0.3, -0.25) is 9.59 Å². The van der Waals surface area contributed by atoms with Crippen LogP contribution in [0.5, 0.6) is 0 Å². The van der Waals surface area contributed by atoms with E-state index in [1.165, 1.54) is 11.8 Å². The van der Waals surface area contributed by atoms with Crippen LogP contribution in [0.1, 0.15) is 11.1 Å². The second-order valence-electron chi connectivity index (χ2n) is 6.13. The number of pyridine rings is 1. The number of amides is 1. The summed E-state index contributed by atoms with van der Waals surface area (Å²) >= 11 is 1.20. The Bertz CT molecular complexity index is 1080. The maximum atomic E-state index is 12.4. The molecule has 27 heavy (non-hydrogen) atoms. The highest BCUT2D eigenvalue weighted by molar-refractivity contribution is 7.99. The van der Waals surface area contributed by atoms with Crippen LogP contribution in [-0.2, 0) is 11.3 Å². The Morgan fingerprint density at radius 3 is 2.89 bits per heavy atom. The van der Waals surface area contributed by atoms with Gasteiger partial charge in [-0.2, -0.15) is 4.98 Å². The number of rotatable bonds is 6. The molecule has 0 fully saturated rings. The minimum atomic E-state index is -0.351. The third-order valence-corrected chi connectivity index (χ3v) is 4.98. The number of anilines is 1. The number of hydrogen-bond acceptors (Lipinski definition) is 5. The summed E-state index contributed by atoms with van der Waals surface area (Å²) in [6, 6.07) is 9.25. The summed E-state index contributed by atoms with van der Waals surface area (Å²) in [7, 11) is 0. The number of fused-ring (bicyclic) bond motifs is 1. The van der Waals surface area contributed by atoms with Gasteiger partial charge in [-0.1, -0.05) is 35.5 Å². The number of carbonyl (C=O) groups is 1. The van der Waals surface area contributed by atoms with E-state index in [2.05, 4.69) is 21.9 Å². The lowest BCUT2D eigenvalue weighted by Gasteiger charge is -2.13. The topological polar surface area (TPSA) is 76.9 Å². The van der Waals surface area contributed by atoms with E-state index in [9.17, 15) is 9.59 Å². The summed E-state index contributed by atoms with van der Waals surface area (Å²) in [6.45, 7) is 8.16. The van der Waals surface area contributed by atoms with E-state index in [1.807, 2.05) is 32.0 Å². The predicted molar refractivity (Wildman–Crippen MR) is 109 cm³/mol. The summed E-state index contributed by atoms with van der Waals surface area (Å²) < 4.78 is 1.79. The van der Waals surface area contributed by atoms with Crippen LogP contribution in [0.15, 0.2) is 59.1 Å². The zero-order valence-corrected chi connectivity index (χ0v) is 16.0. The molecule has 2 aromatic heterocycles. The van der Waals surface area contributed by atoms with Crippen LogP contribution in [0.25, 0.3) is 11.0 Å². The van der Waals surface area contributed by atoms with Gasteiger partial charge in [-0.25, -0.2) is 4.98 Å². The molecule has 0 aliphatic rings. The Hall–Kier alpha value is -2.93. The van der Waals surface area contributed by atoms with Gasteiger partial charge in [-0.15, -0.1) is 6.58 Å². The van der Waals surface area contributed by atoms with Crippen molar-refractivity contribution in [1.29, 1.82) is 0 Å². The van der Waals surface area contributed by atoms with E-state index in [0.717, 1.165) is 16.8 Å². The van der Waals surface area contributed by atoms with Crippen molar-refractivity contribution in [2.24, 2.45) is 0 Å². The van der Waals surface area contributed by atoms with Crippen molar-refractivity contribution in [3.8, 4) is 0 Å². The van der Waals surface area contributed by atoms with Gasteiger partial charge in [0.25, 0.3) is 5.56 Å². The van der Waals surface area contributed by atoms with Crippen molar-refractivity contribution >= 4 is 34.4 Å². The third kappa shape index (κ3) is 4.25. The summed E-state index contributed by atoms with van der Waals surface area (Å²) in [5.74, 6) is -0.0256. The fraction of sp³-hybridized carbons (Fsp3) is 0.200. The molecular formula is C20H20N4O2S. The zero-order chi connectivity index (χ0) is 19.4. The van der Waals surface area contributed by atoms with Crippen LogP contribution in [0.2, 0.25) is 0 Å². The standard InChI is InChI=1S/C20H20N4O2S/c1-4-10-24-18-15(6-5-9-21-18)19(26)23-20(24)27-12-17(25)22-16-8-7-13(2)11-14(16)3/h4-9,11H,1,10,12H2,2-3H3,(H,22,25). The molecule has 1 amide bonds. The van der Waals surface area contributed by atoms with E-state index in [-0.39, 0.29) is 17.2 Å². The monoisotopic (exact) mass is 380 g/mol. The molecule has 0 saturated heterocycles. The van der Waals surface area contributed by atoms with Crippen LogP contribution >= 0.6 is 11.8 Å². The predicted octanol–water partition coefficient (Wildman–Crippen LogP) is 3.33. The Morgan fingerprint density at radius 1 is 1.33 bits per heavy atom. The van der Waals surface area contributed by atoms with Crippen LogP contribution in [0.3, 0.4) is 0 Å². The van der Waals surface area contributed by atoms with Crippen molar-refractivity contribution < 1.29 is 4.79 Å². The molecule has 7 heteroatoms. The highest BCUT2D eigenvalue weighted by Crippen LogP contribution is 2.20. The second kappa shape index (κ2) is 8.18. The van der Waals surface area contributed by atoms with E-state index in [1.54, 1.807) is 29.0 Å². The number of nitrogens with one attached hydrogen (secondary N) is 1. The van der Waals surface area contributed by atoms with Gasteiger partial charge >= 0.3 is 0 Å². The molecule has 0 saturated carbocycles. The molecule has 1 aromatic carbocycles. The molecule has 0 radical (unpaired) electrons. The van der Waals surface area contributed by atoms with E-state index >= 15 is 0 Å². The fourth-order valence-electron chi connectivity index (χ4n) is 2.75. The molecule has 0 spiro atoms. The Labute approximate surface area is 161 Å². The molecule has 6 nitrogen and oxygen atoms in total. The molecule has 138 valence electrons. The molecule has 0 aliphatic carbocycles. The van der Waals surface area contributed by atoms with Crippen LogP contribution < -0.4 is 10.9 Å². The maximum Gasteiger partial charge on any atom is 0.283 e. The molecular weight excluding hydrogens is 360 g/mol. The fourth-order valence-corrected chi connectivity index (χ4v) is 3.55. The van der Waals surface area contributed by atoms with Gasteiger partial charge in [0.05, 0.1) is 11.1 Å². The average Bonchev–Trinajstić information content (AvgIpc) is 2.65. The van der Waals surface area contributed by atoms with Crippen molar-refractivity contribution in [2.75, 3.05) is 11.1 Å². The number of benzene rings is 1. The number of allylic oxidation sites excluding steroid dienone is 1. The van der Waals surface area contributed by atoms with Crippen molar-refractivity contribution in [3.63, 3.8) is 0 Å². The van der Waals surface area contributed by atoms with Crippen LogP contribution in [-0.4, -0.2) is 26.2 Å². The number of hydrogen-bond donors (Lipinski definition) is 1. The first-order valence-corrected chi connectivity index (χ1v) is 9.44. The highest BCUT2D eigenvalue weighted by atomic mass is 32.2. The van der Waals surface area contributed by atoms with Gasteiger partial charge in [0, 0.05) is 18.4 Å². The molecule has 0 unspecified atom stereocenters. The van der Waals surface area contributed by atoms with Crippen molar-refractivity contribution in [2.45, 2.75) is 25.5 Å². The molecule has 0 bridgehead atoms. The van der Waals surface area contributed by atoms with Crippen LogP contribution in [0, 0.1) is 13.8 Å². The first-order valence-electron chi connectivity index (χ1n) is 8.46. The minimum Gasteiger partial charge on any atom is -0.325 e. The largest absolute Gasteiger partial charge is 0.325 e. The molecule has 1 N–H and O–H groups in total. The summed E-state index contributed by atoms with van der Waals surface area (Å²) in [6.07, 6.45) is 3.34. The van der Waals surface area contributed by atoms with Crippen molar-refractivity contribution in [1.82, 2.24) is 14.5 Å². The minimum absolute atomic E-state index is 0.134. The van der Waals surface area contributed by atoms with Gasteiger partial charge in [-0.05, 0) is 37.6 Å². The van der Waals surface area contributed by atoms with Gasteiger partial charge in [0.15, 0.2) is 5.16 Å². The average molecular weight is 380 g/mol. The first kappa shape index (κ1) is 18.8. The number of aromatic nitrogens is 3. The highest BCUT2D eigenvalue weighted by Gasteiger charge is 2.13. The first-order chi connectivity index (χ1) is 13.0. The lowest BCUT2D eigenvalue weighted by molar-refractivity contribution is -0.113. The third-order valence-electron chi connectivity index (χ3n) is 4.00. The number of aryl methyl sites for hydroxylation is 2. The molecule has 2 heterocycles. The molecule has 3 aromatic rings. The quantitative estimate of drug-likeness (QED) is 0.403. The lowest BCUT2D eigenvalue weighted by atomic mass is 10.1. The summed E-state index contributed by atoms with van der Waals surface area (Å²) in [4.78, 5) is 33.0. The van der Waals surface area contributed by atoms with Gasteiger partial charge in [0.2, 0.25) is 5.91 Å².